The fourth-order valence-corrected chi connectivity index (χ4v) is 2.09. The Hall–Kier alpha value is -2.69. The van der Waals surface area contributed by atoms with Crippen LogP contribution in [0.1, 0.15) is 0 Å². The van der Waals surface area contributed by atoms with E-state index in [0.29, 0.717) is 16.3 Å². The number of hydrogen-bond donors (Lipinski definition) is 3. The van der Waals surface area contributed by atoms with Crippen molar-refractivity contribution in [1.29, 1.82) is 0 Å². The molecule has 0 aliphatic rings. The first-order chi connectivity index (χ1) is 8.61. The third-order valence-corrected chi connectivity index (χ3v) is 2.94. The Bertz CT molecular complexity index is 836. The molecule has 2 aromatic heterocycles. The average Bonchev–Trinajstić information content (AvgIpc) is 2.39. The summed E-state index contributed by atoms with van der Waals surface area (Å²) in [5.41, 5.74) is -0.352. The van der Waals surface area contributed by atoms with E-state index >= 15 is 0 Å². The van der Waals surface area contributed by atoms with Gasteiger partial charge in [0.15, 0.2) is 11.5 Å². The third-order valence-electron chi connectivity index (χ3n) is 2.94. The van der Waals surface area contributed by atoms with E-state index in [2.05, 4.69) is 0 Å². The predicted octanol–water partition coefficient (Wildman–Crippen LogP) is 1.57. The second-order valence-electron chi connectivity index (χ2n) is 3.96. The number of aromatic hydroxyl groups is 3. The highest BCUT2D eigenvalue weighted by molar-refractivity contribution is 6.00. The number of nitrogens with zero attached hydrogens (tertiary/aromatic N) is 1. The van der Waals surface area contributed by atoms with Gasteiger partial charge in [-0.2, -0.15) is 0 Å². The van der Waals surface area contributed by atoms with Crippen LogP contribution in [0.4, 0.5) is 0 Å². The Balaban J connectivity index is 2.74. The molecule has 0 unspecified atom stereocenters. The summed E-state index contributed by atoms with van der Waals surface area (Å²) in [6.45, 7) is 0. The Morgan fingerprint density at radius 3 is 2.28 bits per heavy atom. The van der Waals surface area contributed by atoms with Crippen LogP contribution in [0, 0.1) is 0 Å². The zero-order chi connectivity index (χ0) is 12.9. The van der Waals surface area contributed by atoms with Crippen LogP contribution in [-0.4, -0.2) is 19.7 Å². The Kier molecular flexibility index (Phi) is 1.98. The molecule has 0 fully saturated rings. The van der Waals surface area contributed by atoms with Crippen LogP contribution >= 0.6 is 0 Å². The maximum absolute atomic E-state index is 11.8. The van der Waals surface area contributed by atoms with Gasteiger partial charge in [-0.25, -0.2) is 4.40 Å². The Labute approximate surface area is 101 Å². The van der Waals surface area contributed by atoms with Crippen molar-refractivity contribution in [2.75, 3.05) is 0 Å². The summed E-state index contributed by atoms with van der Waals surface area (Å²) in [6.07, 6.45) is 0. The maximum Gasteiger partial charge on any atom is 0.300 e. The van der Waals surface area contributed by atoms with Crippen LogP contribution < -0.4 is 5.56 Å². The van der Waals surface area contributed by atoms with Crippen molar-refractivity contribution in [3.63, 3.8) is 0 Å². The van der Waals surface area contributed by atoms with E-state index in [1.54, 1.807) is 24.3 Å². The van der Waals surface area contributed by atoms with E-state index in [-0.39, 0.29) is 5.75 Å². The van der Waals surface area contributed by atoms with E-state index < -0.39 is 17.2 Å². The topological polar surface area (TPSA) is 82.2 Å². The van der Waals surface area contributed by atoms with Gasteiger partial charge in [0.1, 0.15) is 0 Å². The van der Waals surface area contributed by atoms with Crippen molar-refractivity contribution in [1.82, 2.24) is 4.40 Å². The predicted molar refractivity (Wildman–Crippen MR) is 66.2 cm³/mol. The summed E-state index contributed by atoms with van der Waals surface area (Å²) < 4.78 is 0.882. The molecule has 3 rings (SSSR count). The summed E-state index contributed by atoms with van der Waals surface area (Å²) in [6, 6.07) is 9.62. The number of benzene rings is 1. The number of hydrogen-bond acceptors (Lipinski definition) is 4. The van der Waals surface area contributed by atoms with Gasteiger partial charge in [-0.1, -0.05) is 24.3 Å². The van der Waals surface area contributed by atoms with Gasteiger partial charge in [0.25, 0.3) is 5.56 Å². The molecule has 2 heterocycles. The first-order valence-corrected chi connectivity index (χ1v) is 5.28. The minimum absolute atomic E-state index is 0.384. The van der Waals surface area contributed by atoms with E-state index in [1.165, 1.54) is 12.1 Å². The van der Waals surface area contributed by atoms with Crippen LogP contribution in [-0.2, 0) is 0 Å². The fourth-order valence-electron chi connectivity index (χ4n) is 2.09. The van der Waals surface area contributed by atoms with E-state index in [9.17, 15) is 20.1 Å². The molecule has 18 heavy (non-hydrogen) atoms. The van der Waals surface area contributed by atoms with Gasteiger partial charge in [-0.15, -0.1) is 0 Å². The summed E-state index contributed by atoms with van der Waals surface area (Å²) >= 11 is 0. The quantitative estimate of drug-likeness (QED) is 0.523. The lowest BCUT2D eigenvalue weighted by Crippen LogP contribution is -2.13. The lowest BCUT2D eigenvalue weighted by Gasteiger charge is -2.10. The molecule has 0 atom stereocenters. The molecule has 5 heteroatoms. The highest BCUT2D eigenvalue weighted by Gasteiger charge is 2.15. The second-order valence-corrected chi connectivity index (χ2v) is 3.96. The first kappa shape index (κ1) is 10.5. The molecule has 0 bridgehead atoms. The average molecular weight is 243 g/mol. The molecule has 0 saturated heterocycles. The van der Waals surface area contributed by atoms with Crippen molar-refractivity contribution < 1.29 is 15.3 Å². The van der Waals surface area contributed by atoms with Gasteiger partial charge in [0.05, 0.1) is 5.52 Å². The molecule has 0 saturated carbocycles. The summed E-state index contributed by atoms with van der Waals surface area (Å²) in [5, 5.41) is 30.2. The SMILES string of the molecule is O=c1c(O)ccc2c3ccccc3c(O)c(O)n12. The van der Waals surface area contributed by atoms with Crippen molar-refractivity contribution >= 4 is 16.3 Å². The van der Waals surface area contributed by atoms with Gasteiger partial charge in [-0.3, -0.25) is 4.79 Å². The van der Waals surface area contributed by atoms with E-state index in [0.717, 1.165) is 4.40 Å². The molecule has 0 amide bonds. The summed E-state index contributed by atoms with van der Waals surface area (Å²) in [7, 11) is 0. The molecule has 0 aliphatic heterocycles. The largest absolute Gasteiger partial charge is 0.503 e. The third kappa shape index (κ3) is 1.18. The molecule has 3 aromatic rings. The highest BCUT2D eigenvalue weighted by atomic mass is 16.3. The van der Waals surface area contributed by atoms with Crippen molar-refractivity contribution in [3.05, 3.63) is 46.8 Å². The van der Waals surface area contributed by atoms with Crippen LogP contribution in [0.2, 0.25) is 0 Å². The van der Waals surface area contributed by atoms with E-state index in [1.807, 2.05) is 0 Å². The number of fused-ring (bicyclic) bond motifs is 3. The van der Waals surface area contributed by atoms with Crippen LogP contribution in [0.5, 0.6) is 17.4 Å². The lowest BCUT2D eigenvalue weighted by molar-refractivity contribution is 0.383. The zero-order valence-electron chi connectivity index (χ0n) is 9.16. The van der Waals surface area contributed by atoms with E-state index in [4.69, 9.17) is 0 Å². The fraction of sp³-hybridized carbons (Fsp3) is 0. The molecular weight excluding hydrogens is 234 g/mol. The minimum atomic E-state index is -0.772. The number of aromatic nitrogens is 1. The first-order valence-electron chi connectivity index (χ1n) is 5.28. The molecular formula is C13H9NO4. The van der Waals surface area contributed by atoms with Crippen molar-refractivity contribution in [2.45, 2.75) is 0 Å². The minimum Gasteiger partial charge on any atom is -0.503 e. The van der Waals surface area contributed by atoms with Gasteiger partial charge in [-0.05, 0) is 12.1 Å². The molecule has 5 nitrogen and oxygen atoms in total. The maximum atomic E-state index is 11.8. The van der Waals surface area contributed by atoms with Crippen molar-refractivity contribution in [3.8, 4) is 17.4 Å². The van der Waals surface area contributed by atoms with Crippen molar-refractivity contribution in [2.24, 2.45) is 0 Å². The highest BCUT2D eigenvalue weighted by Crippen LogP contribution is 2.35. The Morgan fingerprint density at radius 1 is 0.889 bits per heavy atom. The normalized spacial score (nSPS) is 11.1. The Morgan fingerprint density at radius 2 is 1.56 bits per heavy atom. The molecule has 0 aliphatic carbocycles. The van der Waals surface area contributed by atoms with Crippen LogP contribution in [0.3, 0.4) is 0 Å². The number of pyridine rings is 2. The summed E-state index contributed by atoms with van der Waals surface area (Å²) in [5.74, 6) is -1.45. The van der Waals surface area contributed by atoms with Crippen LogP contribution in [0.15, 0.2) is 41.2 Å². The second kappa shape index (κ2) is 3.40. The van der Waals surface area contributed by atoms with Gasteiger partial charge in [0, 0.05) is 10.8 Å². The molecule has 90 valence electrons. The zero-order valence-corrected chi connectivity index (χ0v) is 9.16. The van der Waals surface area contributed by atoms with Gasteiger partial charge in [0.2, 0.25) is 5.88 Å². The monoisotopic (exact) mass is 243 g/mol. The van der Waals surface area contributed by atoms with Crippen LogP contribution in [0.25, 0.3) is 16.3 Å². The van der Waals surface area contributed by atoms with Gasteiger partial charge < -0.3 is 15.3 Å². The number of rotatable bonds is 0. The molecule has 0 spiro atoms. The van der Waals surface area contributed by atoms with Gasteiger partial charge >= 0.3 is 0 Å². The standard InChI is InChI=1S/C13H9NO4/c15-10-6-5-9-7-3-1-2-4-8(7)11(16)13(18)14(9)12(10)17/h1-6,15-16,18H. The molecule has 3 N–H and O–H groups in total. The molecule has 0 radical (unpaired) electrons. The smallest absolute Gasteiger partial charge is 0.300 e. The molecule has 1 aromatic carbocycles. The lowest BCUT2D eigenvalue weighted by atomic mass is 10.1. The summed E-state index contributed by atoms with van der Waals surface area (Å²) in [4.78, 5) is 11.8.